The molecule has 0 aromatic heterocycles. The molecule has 0 aliphatic heterocycles. The van der Waals surface area contributed by atoms with Gasteiger partial charge in [0, 0.05) is 5.41 Å². The lowest BCUT2D eigenvalue weighted by Crippen LogP contribution is -2.26. The second-order valence-corrected chi connectivity index (χ2v) is 6.07. The maximum absolute atomic E-state index is 2.31. The third kappa shape index (κ3) is 2.82. The van der Waals surface area contributed by atoms with Crippen LogP contribution in [-0.4, -0.2) is 0 Å². The highest BCUT2D eigenvalue weighted by atomic mass is 14.4. The maximum atomic E-state index is 2.31. The highest BCUT2D eigenvalue weighted by Crippen LogP contribution is 2.43. The SMILES string of the molecule is CCC(CC)(c1ccccc1)c1ccccc1-c1ccccc1. The van der Waals surface area contributed by atoms with E-state index in [-0.39, 0.29) is 5.41 Å². The van der Waals surface area contributed by atoms with E-state index in [0.29, 0.717) is 0 Å². The topological polar surface area (TPSA) is 0 Å². The van der Waals surface area contributed by atoms with E-state index in [4.69, 9.17) is 0 Å². The van der Waals surface area contributed by atoms with Gasteiger partial charge in [0.15, 0.2) is 0 Å². The Morgan fingerprint density at radius 3 is 1.74 bits per heavy atom. The summed E-state index contributed by atoms with van der Waals surface area (Å²) >= 11 is 0. The fourth-order valence-electron chi connectivity index (χ4n) is 3.72. The van der Waals surface area contributed by atoms with Crippen molar-refractivity contribution in [1.29, 1.82) is 0 Å². The summed E-state index contributed by atoms with van der Waals surface area (Å²) in [6.07, 6.45) is 2.19. The minimum absolute atomic E-state index is 0.0632. The molecule has 116 valence electrons. The predicted octanol–water partition coefficient (Wildman–Crippen LogP) is 6.46. The zero-order chi connectivity index (χ0) is 16.1. The highest BCUT2D eigenvalue weighted by Gasteiger charge is 2.32. The van der Waals surface area contributed by atoms with Gasteiger partial charge in [0.05, 0.1) is 0 Å². The summed E-state index contributed by atoms with van der Waals surface area (Å²) in [5.41, 5.74) is 5.55. The molecule has 0 aliphatic rings. The van der Waals surface area contributed by atoms with E-state index in [1.165, 1.54) is 22.3 Å². The van der Waals surface area contributed by atoms with Crippen LogP contribution < -0.4 is 0 Å². The minimum atomic E-state index is 0.0632. The second kappa shape index (κ2) is 6.83. The van der Waals surface area contributed by atoms with Crippen LogP contribution in [0.2, 0.25) is 0 Å². The molecule has 0 amide bonds. The highest BCUT2D eigenvalue weighted by molar-refractivity contribution is 5.70. The molecule has 0 unspecified atom stereocenters. The van der Waals surface area contributed by atoms with Gasteiger partial charge in [0.25, 0.3) is 0 Å². The summed E-state index contributed by atoms with van der Waals surface area (Å²) in [5, 5.41) is 0. The van der Waals surface area contributed by atoms with Crippen molar-refractivity contribution in [1.82, 2.24) is 0 Å². The van der Waals surface area contributed by atoms with Crippen LogP contribution in [0.15, 0.2) is 84.9 Å². The molecule has 0 N–H and O–H groups in total. The number of hydrogen-bond acceptors (Lipinski definition) is 0. The summed E-state index contributed by atoms with van der Waals surface area (Å²) in [6, 6.07) is 30.6. The van der Waals surface area contributed by atoms with Crippen LogP contribution in [0, 0.1) is 0 Å². The zero-order valence-corrected chi connectivity index (χ0v) is 14.0. The van der Waals surface area contributed by atoms with E-state index < -0.39 is 0 Å². The van der Waals surface area contributed by atoms with Gasteiger partial charge in [-0.15, -0.1) is 0 Å². The van der Waals surface area contributed by atoms with Crippen molar-refractivity contribution in [3.05, 3.63) is 96.1 Å². The van der Waals surface area contributed by atoms with E-state index in [1.807, 2.05) is 0 Å². The first kappa shape index (κ1) is 15.6. The Morgan fingerprint density at radius 2 is 1.13 bits per heavy atom. The molecule has 23 heavy (non-hydrogen) atoms. The largest absolute Gasteiger partial charge is 0.0642 e. The Labute approximate surface area is 139 Å². The van der Waals surface area contributed by atoms with Crippen molar-refractivity contribution in [3.63, 3.8) is 0 Å². The maximum Gasteiger partial charge on any atom is 0.0203 e. The molecule has 3 aromatic carbocycles. The number of hydrogen-bond donors (Lipinski definition) is 0. The fourth-order valence-corrected chi connectivity index (χ4v) is 3.72. The Morgan fingerprint density at radius 1 is 0.609 bits per heavy atom. The number of benzene rings is 3. The van der Waals surface area contributed by atoms with Gasteiger partial charge >= 0.3 is 0 Å². The number of rotatable bonds is 5. The van der Waals surface area contributed by atoms with Crippen molar-refractivity contribution in [2.24, 2.45) is 0 Å². The average Bonchev–Trinajstić information content (AvgIpc) is 2.65. The molecular weight excluding hydrogens is 276 g/mol. The molecule has 0 saturated carbocycles. The first-order valence-electron chi connectivity index (χ1n) is 8.52. The average molecular weight is 300 g/mol. The van der Waals surface area contributed by atoms with Crippen molar-refractivity contribution in [3.8, 4) is 11.1 Å². The molecule has 0 aliphatic carbocycles. The predicted molar refractivity (Wildman–Crippen MR) is 99.7 cm³/mol. The van der Waals surface area contributed by atoms with Gasteiger partial charge in [0.1, 0.15) is 0 Å². The van der Waals surface area contributed by atoms with E-state index in [2.05, 4.69) is 98.8 Å². The van der Waals surface area contributed by atoms with Crippen LogP contribution in [0.25, 0.3) is 11.1 Å². The van der Waals surface area contributed by atoms with Crippen LogP contribution in [0.5, 0.6) is 0 Å². The first-order valence-corrected chi connectivity index (χ1v) is 8.52. The molecule has 0 spiro atoms. The lowest BCUT2D eigenvalue weighted by molar-refractivity contribution is 0.479. The molecule has 0 heteroatoms. The third-order valence-electron chi connectivity index (χ3n) is 5.06. The summed E-state index contributed by atoms with van der Waals surface area (Å²) in [4.78, 5) is 0. The van der Waals surface area contributed by atoms with Gasteiger partial charge in [0.2, 0.25) is 0 Å². The minimum Gasteiger partial charge on any atom is -0.0642 e. The zero-order valence-electron chi connectivity index (χ0n) is 14.0. The second-order valence-electron chi connectivity index (χ2n) is 6.07. The monoisotopic (exact) mass is 300 g/mol. The van der Waals surface area contributed by atoms with Crippen LogP contribution in [-0.2, 0) is 5.41 Å². The molecule has 0 fully saturated rings. The van der Waals surface area contributed by atoms with Crippen LogP contribution in [0.3, 0.4) is 0 Å². The van der Waals surface area contributed by atoms with Gasteiger partial charge in [-0.25, -0.2) is 0 Å². The molecule has 0 atom stereocenters. The Kier molecular flexibility index (Phi) is 4.62. The van der Waals surface area contributed by atoms with Crippen molar-refractivity contribution in [2.75, 3.05) is 0 Å². The molecule has 0 saturated heterocycles. The van der Waals surface area contributed by atoms with Gasteiger partial charge in [-0.3, -0.25) is 0 Å². The lowest BCUT2D eigenvalue weighted by Gasteiger charge is -2.35. The van der Waals surface area contributed by atoms with Crippen LogP contribution in [0.4, 0.5) is 0 Å². The molecule has 0 heterocycles. The molecule has 3 aromatic rings. The van der Waals surface area contributed by atoms with Crippen molar-refractivity contribution >= 4 is 0 Å². The van der Waals surface area contributed by atoms with Crippen molar-refractivity contribution in [2.45, 2.75) is 32.1 Å². The lowest BCUT2D eigenvalue weighted by atomic mass is 9.68. The van der Waals surface area contributed by atoms with E-state index >= 15 is 0 Å². The smallest absolute Gasteiger partial charge is 0.0203 e. The summed E-state index contributed by atoms with van der Waals surface area (Å²) < 4.78 is 0. The van der Waals surface area contributed by atoms with Crippen LogP contribution >= 0.6 is 0 Å². The molecule has 0 radical (unpaired) electrons. The van der Waals surface area contributed by atoms with E-state index in [0.717, 1.165) is 12.8 Å². The summed E-state index contributed by atoms with van der Waals surface area (Å²) in [5.74, 6) is 0. The third-order valence-corrected chi connectivity index (χ3v) is 5.06. The molecule has 0 nitrogen and oxygen atoms in total. The first-order chi connectivity index (χ1) is 11.3. The normalized spacial score (nSPS) is 11.4. The van der Waals surface area contributed by atoms with Crippen molar-refractivity contribution < 1.29 is 0 Å². The summed E-state index contributed by atoms with van der Waals surface area (Å²) in [7, 11) is 0. The Hall–Kier alpha value is -2.34. The molecule has 3 rings (SSSR count). The van der Waals surface area contributed by atoms with Crippen LogP contribution in [0.1, 0.15) is 37.8 Å². The molecular formula is C23H24. The van der Waals surface area contributed by atoms with Gasteiger partial charge in [-0.05, 0) is 35.1 Å². The Balaban J connectivity index is 2.23. The van der Waals surface area contributed by atoms with Gasteiger partial charge < -0.3 is 0 Å². The quantitative estimate of drug-likeness (QED) is 0.507. The van der Waals surface area contributed by atoms with Gasteiger partial charge in [-0.2, -0.15) is 0 Å². The Bertz CT molecular complexity index is 737. The molecule has 0 bridgehead atoms. The van der Waals surface area contributed by atoms with E-state index in [1.54, 1.807) is 0 Å². The standard InChI is InChI=1S/C23H24/c1-3-23(4-2,20-15-9-6-10-16-20)22-18-12-11-17-21(22)19-13-7-5-8-14-19/h5-18H,3-4H2,1-2H3. The van der Waals surface area contributed by atoms with Gasteiger partial charge in [-0.1, -0.05) is 98.8 Å². The summed E-state index contributed by atoms with van der Waals surface area (Å²) in [6.45, 7) is 4.61. The fraction of sp³-hybridized carbons (Fsp3) is 0.217. The van der Waals surface area contributed by atoms with E-state index in [9.17, 15) is 0 Å².